The quantitative estimate of drug-likeness (QED) is 0.372. The van der Waals surface area contributed by atoms with Crippen molar-refractivity contribution in [1.82, 2.24) is 0 Å². The van der Waals surface area contributed by atoms with Gasteiger partial charge in [-0.3, -0.25) is 4.57 Å². The van der Waals surface area contributed by atoms with E-state index in [1.807, 2.05) is 115 Å². The molecule has 1 aliphatic heterocycles. The number of hydrogen-bond donors (Lipinski definition) is 0. The number of para-hydroxylation sites is 1. The molecule has 4 aromatic carbocycles. The second kappa shape index (κ2) is 8.86. The maximum Gasteiger partial charge on any atom is 0.306 e. The molecule has 0 aromatic heterocycles. The van der Waals surface area contributed by atoms with Crippen LogP contribution < -0.4 is 15.1 Å². The predicted molar refractivity (Wildman–Crippen MR) is 129 cm³/mol. The largest absolute Gasteiger partial charge is 0.475 e. The molecule has 4 aromatic rings. The molecule has 0 amide bonds. The van der Waals surface area contributed by atoms with Gasteiger partial charge in [-0.1, -0.05) is 78.9 Å². The van der Waals surface area contributed by atoms with E-state index in [-0.39, 0.29) is 6.04 Å². The van der Waals surface area contributed by atoms with Crippen molar-refractivity contribution in [3.05, 3.63) is 126 Å². The number of aliphatic imine (C=N–C) groups is 1. The monoisotopic (exact) mass is 439 g/mol. The zero-order chi connectivity index (χ0) is 21.8. The molecule has 4 nitrogen and oxygen atoms in total. The lowest BCUT2D eigenvalue weighted by molar-refractivity contribution is 0.319. The van der Waals surface area contributed by atoms with Gasteiger partial charge in [0, 0.05) is 0 Å². The van der Waals surface area contributed by atoms with Crippen LogP contribution in [0.4, 0.5) is 0 Å². The molecule has 0 bridgehead atoms. The molecule has 0 radical (unpaired) electrons. The lowest BCUT2D eigenvalue weighted by Gasteiger charge is -2.22. The van der Waals surface area contributed by atoms with Gasteiger partial charge in [0.1, 0.15) is 18.4 Å². The smallest absolute Gasteiger partial charge is 0.306 e. The van der Waals surface area contributed by atoms with Crippen molar-refractivity contribution in [1.29, 1.82) is 0 Å². The Morgan fingerprint density at radius 2 is 1.25 bits per heavy atom. The number of benzene rings is 4. The standard InChI is InChI=1S/C27H22NO3P/c29-32(22-14-6-2-7-15-22,23-16-8-3-9-17-23)31-26-19-11-10-18-24(26)27-28-25(20-30-27)21-12-4-1-5-13-21/h1-19,25H,20H2/t25-/m0/s1. The minimum absolute atomic E-state index is 0.0747. The zero-order valence-electron chi connectivity index (χ0n) is 17.4. The van der Waals surface area contributed by atoms with Crippen molar-refractivity contribution in [2.45, 2.75) is 6.04 Å². The molecular weight excluding hydrogens is 417 g/mol. The Bertz CT molecular complexity index is 1230. The SMILES string of the molecule is O=P(Oc1ccccc1C1=N[C@H](c2ccccc2)CO1)(c1ccccc1)c1ccccc1. The van der Waals surface area contributed by atoms with Gasteiger partial charge >= 0.3 is 7.37 Å². The van der Waals surface area contributed by atoms with Crippen LogP contribution in [0.2, 0.25) is 0 Å². The summed E-state index contributed by atoms with van der Waals surface area (Å²) in [6, 6.07) is 36.1. The van der Waals surface area contributed by atoms with Crippen molar-refractivity contribution in [2.24, 2.45) is 4.99 Å². The molecule has 158 valence electrons. The fourth-order valence-corrected chi connectivity index (χ4v) is 5.81. The first-order valence-electron chi connectivity index (χ1n) is 10.5. The molecule has 5 heteroatoms. The summed E-state index contributed by atoms with van der Waals surface area (Å²) >= 11 is 0. The molecule has 0 saturated carbocycles. The second-order valence-corrected chi connectivity index (χ2v) is 9.80. The van der Waals surface area contributed by atoms with Gasteiger partial charge in [0.2, 0.25) is 5.90 Å². The number of ether oxygens (including phenoxy) is 1. The van der Waals surface area contributed by atoms with Gasteiger partial charge in [-0.05, 0) is 42.0 Å². The maximum absolute atomic E-state index is 14.3. The molecular formula is C27H22NO3P. The highest BCUT2D eigenvalue weighted by Gasteiger charge is 2.32. The molecule has 1 aliphatic rings. The number of hydrogen-bond acceptors (Lipinski definition) is 4. The molecule has 0 spiro atoms. The third-order valence-electron chi connectivity index (χ3n) is 5.37. The molecule has 0 unspecified atom stereocenters. The summed E-state index contributed by atoms with van der Waals surface area (Å²) in [6.07, 6.45) is 0. The summed E-state index contributed by atoms with van der Waals surface area (Å²) in [7, 11) is -3.40. The van der Waals surface area contributed by atoms with Crippen molar-refractivity contribution in [3.8, 4) is 5.75 Å². The Balaban J connectivity index is 1.54. The molecule has 1 atom stereocenters. The Labute approximate surface area is 187 Å². The van der Waals surface area contributed by atoms with Crippen LogP contribution in [-0.4, -0.2) is 12.5 Å². The molecule has 5 rings (SSSR count). The first-order valence-corrected chi connectivity index (χ1v) is 12.1. The average Bonchev–Trinajstić information content (AvgIpc) is 3.36. The highest BCUT2D eigenvalue weighted by atomic mass is 31.2. The molecule has 1 heterocycles. The van der Waals surface area contributed by atoms with E-state index in [1.165, 1.54) is 0 Å². The van der Waals surface area contributed by atoms with E-state index in [4.69, 9.17) is 14.3 Å². The Morgan fingerprint density at radius 1 is 0.719 bits per heavy atom. The number of rotatable bonds is 6. The summed E-state index contributed by atoms with van der Waals surface area (Å²) in [6.45, 7) is 0.461. The average molecular weight is 439 g/mol. The van der Waals surface area contributed by atoms with E-state index >= 15 is 0 Å². The first-order chi connectivity index (χ1) is 15.7. The summed E-state index contributed by atoms with van der Waals surface area (Å²) in [5.74, 6) is 0.984. The Morgan fingerprint density at radius 3 is 1.88 bits per heavy atom. The van der Waals surface area contributed by atoms with E-state index in [1.54, 1.807) is 0 Å². The maximum atomic E-state index is 14.3. The van der Waals surface area contributed by atoms with Gasteiger partial charge in [0.25, 0.3) is 0 Å². The van der Waals surface area contributed by atoms with Gasteiger partial charge in [-0.15, -0.1) is 0 Å². The predicted octanol–water partition coefficient (Wildman–Crippen LogP) is 5.51. The molecule has 0 saturated heterocycles. The number of nitrogens with zero attached hydrogens (tertiary/aromatic N) is 1. The van der Waals surface area contributed by atoms with Crippen molar-refractivity contribution < 1.29 is 13.8 Å². The highest BCUT2D eigenvalue weighted by molar-refractivity contribution is 7.74. The lowest BCUT2D eigenvalue weighted by atomic mass is 10.1. The van der Waals surface area contributed by atoms with Crippen LogP contribution in [0.1, 0.15) is 17.2 Å². The van der Waals surface area contributed by atoms with E-state index in [0.717, 1.165) is 5.56 Å². The zero-order valence-corrected chi connectivity index (χ0v) is 18.3. The topological polar surface area (TPSA) is 47.9 Å². The van der Waals surface area contributed by atoms with Gasteiger partial charge in [-0.2, -0.15) is 0 Å². The van der Waals surface area contributed by atoms with Gasteiger partial charge in [0.15, 0.2) is 0 Å². The Kier molecular flexibility index (Phi) is 5.62. The van der Waals surface area contributed by atoms with Crippen LogP contribution in [-0.2, 0) is 9.30 Å². The van der Waals surface area contributed by atoms with Crippen molar-refractivity contribution in [3.63, 3.8) is 0 Å². The molecule has 32 heavy (non-hydrogen) atoms. The van der Waals surface area contributed by atoms with Crippen LogP contribution in [0.5, 0.6) is 5.75 Å². The lowest BCUT2D eigenvalue weighted by Crippen LogP contribution is -2.20. The summed E-state index contributed by atoms with van der Waals surface area (Å²) in [4.78, 5) is 4.79. The van der Waals surface area contributed by atoms with Crippen molar-refractivity contribution >= 4 is 23.9 Å². The van der Waals surface area contributed by atoms with Crippen LogP contribution in [0, 0.1) is 0 Å². The summed E-state index contributed by atoms with van der Waals surface area (Å²) in [5, 5.41) is 1.27. The minimum atomic E-state index is -3.40. The fraction of sp³-hybridized carbons (Fsp3) is 0.0741. The van der Waals surface area contributed by atoms with E-state index in [0.29, 0.717) is 34.4 Å². The van der Waals surface area contributed by atoms with Crippen LogP contribution in [0.15, 0.2) is 120 Å². The fourth-order valence-electron chi connectivity index (χ4n) is 3.73. The normalized spacial score (nSPS) is 15.6. The van der Waals surface area contributed by atoms with Crippen molar-refractivity contribution in [2.75, 3.05) is 6.61 Å². The molecule has 0 aliphatic carbocycles. The van der Waals surface area contributed by atoms with E-state index in [2.05, 4.69) is 0 Å². The van der Waals surface area contributed by atoms with Crippen LogP contribution in [0.25, 0.3) is 0 Å². The third kappa shape index (κ3) is 3.98. The highest BCUT2D eigenvalue weighted by Crippen LogP contribution is 2.46. The van der Waals surface area contributed by atoms with Gasteiger partial charge < -0.3 is 9.26 Å². The minimum Gasteiger partial charge on any atom is -0.475 e. The van der Waals surface area contributed by atoms with Gasteiger partial charge in [-0.25, -0.2) is 4.99 Å². The van der Waals surface area contributed by atoms with Gasteiger partial charge in [0.05, 0.1) is 16.2 Å². The van der Waals surface area contributed by atoms with E-state index < -0.39 is 7.37 Å². The van der Waals surface area contributed by atoms with E-state index in [9.17, 15) is 4.57 Å². The molecule has 0 fully saturated rings. The van der Waals surface area contributed by atoms with Crippen LogP contribution >= 0.6 is 7.37 Å². The first kappa shape index (κ1) is 20.3. The Hall–Kier alpha value is -3.62. The third-order valence-corrected chi connectivity index (χ3v) is 7.78. The molecule has 0 N–H and O–H groups in total. The van der Waals surface area contributed by atoms with Crippen LogP contribution in [0.3, 0.4) is 0 Å². The summed E-state index contributed by atoms with van der Waals surface area (Å²) in [5.41, 5.74) is 1.79. The second-order valence-electron chi connectivity index (χ2n) is 7.48. The summed E-state index contributed by atoms with van der Waals surface area (Å²) < 4.78 is 26.6.